The lowest BCUT2D eigenvalue weighted by atomic mass is 9.33. The van der Waals surface area contributed by atoms with E-state index in [0.29, 0.717) is 36.0 Å². The van der Waals surface area contributed by atoms with Gasteiger partial charge < -0.3 is 15.2 Å². The Labute approximate surface area is 218 Å². The van der Waals surface area contributed by atoms with Crippen molar-refractivity contribution in [2.45, 2.75) is 111 Å². The summed E-state index contributed by atoms with van der Waals surface area (Å²) in [5.74, 6) is 2.64. The third kappa shape index (κ3) is 3.29. The number of rotatable bonds is 3. The number of fused-ring (bicyclic) bond motifs is 7. The minimum absolute atomic E-state index is 0.000223. The van der Waals surface area contributed by atoms with E-state index in [0.717, 1.165) is 44.9 Å². The fraction of sp³-hybridized carbons (Fsp3) is 0.935. The summed E-state index contributed by atoms with van der Waals surface area (Å²) in [4.78, 5) is 26.1. The molecule has 0 spiro atoms. The maximum Gasteiger partial charge on any atom is 0.312 e. The molecule has 5 fully saturated rings. The molecule has 5 rings (SSSR count). The number of carbonyl (C=O) groups excluding carboxylic acids is 2. The SMILES string of the molecule is COC(=O)[C@]12CC[C@@H](C(C)CO)[C@@H]1[C@H]1CC[C@@H]3[C@@]4(C)CCC(=O)NC(C)(C)[C@@H]4CC[C@@]3(C)[C@]1(C)CC2. The molecule has 204 valence electrons. The third-order valence-electron chi connectivity index (χ3n) is 13.6. The molecule has 0 aromatic heterocycles. The van der Waals surface area contributed by atoms with E-state index >= 15 is 0 Å². The monoisotopic (exact) mass is 501 g/mol. The van der Waals surface area contributed by atoms with Crippen LogP contribution in [-0.4, -0.2) is 36.2 Å². The molecule has 4 saturated carbocycles. The standard InChI is InChI=1S/C31H51NO4/c1-19(18-33)20-10-15-31(26(35)36-7)17-16-29(5)21(25(20)31)8-9-23-28(4)13-12-24(34)32-27(2,3)22(28)11-14-30(23,29)6/h19-23,25,33H,8-18H2,1-7H3,(H,32,34)/t19?,20-,21+,22-,23+,25+,28-,29+,30+,31-/m0/s1. The van der Waals surface area contributed by atoms with Gasteiger partial charge >= 0.3 is 5.97 Å². The summed E-state index contributed by atoms with van der Waals surface area (Å²) in [7, 11) is 1.56. The molecular formula is C31H51NO4. The first-order valence-corrected chi connectivity index (χ1v) is 14.8. The van der Waals surface area contributed by atoms with E-state index in [1.54, 1.807) is 7.11 Å². The van der Waals surface area contributed by atoms with Crippen LogP contribution in [0, 0.1) is 57.2 Å². The van der Waals surface area contributed by atoms with Gasteiger partial charge in [0, 0.05) is 18.6 Å². The van der Waals surface area contributed by atoms with Gasteiger partial charge in [-0.05, 0) is 123 Å². The molecule has 1 amide bonds. The van der Waals surface area contributed by atoms with Crippen molar-refractivity contribution in [1.29, 1.82) is 0 Å². The lowest BCUT2D eigenvalue weighted by Crippen LogP contribution is -2.66. The first kappa shape index (κ1) is 26.5. The summed E-state index contributed by atoms with van der Waals surface area (Å²) in [5.41, 5.74) is -0.0899. The van der Waals surface area contributed by atoms with Gasteiger partial charge in [0.05, 0.1) is 12.5 Å². The van der Waals surface area contributed by atoms with E-state index in [1.165, 1.54) is 12.8 Å². The van der Waals surface area contributed by atoms with Crippen LogP contribution in [0.1, 0.15) is 106 Å². The van der Waals surface area contributed by atoms with Crippen LogP contribution in [-0.2, 0) is 14.3 Å². The normalized spacial score (nSPS) is 50.4. The van der Waals surface area contributed by atoms with Crippen molar-refractivity contribution in [2.75, 3.05) is 13.7 Å². The Morgan fingerprint density at radius 2 is 1.69 bits per heavy atom. The number of amides is 1. The zero-order chi connectivity index (χ0) is 26.3. The van der Waals surface area contributed by atoms with Crippen molar-refractivity contribution >= 4 is 11.9 Å². The Kier molecular flexibility index (Phi) is 6.22. The molecule has 36 heavy (non-hydrogen) atoms. The predicted octanol–water partition coefficient (Wildman–Crippen LogP) is 5.74. The van der Waals surface area contributed by atoms with Gasteiger partial charge in [-0.25, -0.2) is 0 Å². The van der Waals surface area contributed by atoms with E-state index in [9.17, 15) is 14.7 Å². The molecule has 1 heterocycles. The maximum atomic E-state index is 13.4. The highest BCUT2D eigenvalue weighted by atomic mass is 16.5. The van der Waals surface area contributed by atoms with Crippen molar-refractivity contribution in [1.82, 2.24) is 5.32 Å². The second kappa shape index (κ2) is 8.45. The Balaban J connectivity index is 1.57. The molecule has 4 aliphatic carbocycles. The largest absolute Gasteiger partial charge is 0.469 e. The number of hydrogen-bond donors (Lipinski definition) is 2. The van der Waals surface area contributed by atoms with E-state index in [2.05, 4.69) is 46.9 Å². The van der Waals surface area contributed by atoms with E-state index in [-0.39, 0.29) is 51.6 Å². The lowest BCUT2D eigenvalue weighted by molar-refractivity contribution is -0.229. The average molecular weight is 502 g/mol. The molecule has 10 atom stereocenters. The summed E-state index contributed by atoms with van der Waals surface area (Å²) in [5, 5.41) is 13.6. The van der Waals surface area contributed by atoms with Crippen molar-refractivity contribution in [2.24, 2.45) is 57.2 Å². The first-order valence-electron chi connectivity index (χ1n) is 14.8. The van der Waals surface area contributed by atoms with E-state index in [4.69, 9.17) is 4.74 Å². The Hall–Kier alpha value is -1.10. The molecule has 0 aromatic rings. The van der Waals surface area contributed by atoms with Crippen molar-refractivity contribution < 1.29 is 19.4 Å². The van der Waals surface area contributed by atoms with Crippen LogP contribution >= 0.6 is 0 Å². The molecule has 2 N–H and O–H groups in total. The molecule has 5 heteroatoms. The average Bonchev–Trinajstić information content (AvgIpc) is 3.19. The topological polar surface area (TPSA) is 75.6 Å². The van der Waals surface area contributed by atoms with Crippen LogP contribution in [0.2, 0.25) is 0 Å². The summed E-state index contributed by atoms with van der Waals surface area (Å²) in [6, 6.07) is 0. The quantitative estimate of drug-likeness (QED) is 0.484. The number of aliphatic hydroxyl groups excluding tert-OH is 1. The van der Waals surface area contributed by atoms with Crippen molar-refractivity contribution in [3.63, 3.8) is 0 Å². The van der Waals surface area contributed by atoms with Gasteiger partial charge in [-0.3, -0.25) is 9.59 Å². The number of nitrogens with one attached hydrogen (secondary N) is 1. The number of ether oxygens (including phenoxy) is 1. The minimum Gasteiger partial charge on any atom is -0.469 e. The molecule has 1 unspecified atom stereocenters. The second-order valence-corrected chi connectivity index (χ2v) is 15.0. The molecule has 5 nitrogen and oxygen atoms in total. The molecule has 0 radical (unpaired) electrons. The fourth-order valence-corrected chi connectivity index (χ4v) is 11.8. The van der Waals surface area contributed by atoms with Crippen molar-refractivity contribution in [3.05, 3.63) is 0 Å². The lowest BCUT2D eigenvalue weighted by Gasteiger charge is -2.71. The Morgan fingerprint density at radius 1 is 0.972 bits per heavy atom. The summed E-state index contributed by atoms with van der Waals surface area (Å²) >= 11 is 0. The first-order chi connectivity index (χ1) is 16.8. The second-order valence-electron chi connectivity index (χ2n) is 15.0. The zero-order valence-electron chi connectivity index (χ0n) is 23.9. The van der Waals surface area contributed by atoms with Gasteiger partial charge in [0.1, 0.15) is 0 Å². The van der Waals surface area contributed by atoms with Gasteiger partial charge in [0.2, 0.25) is 5.91 Å². The van der Waals surface area contributed by atoms with Crippen LogP contribution < -0.4 is 5.32 Å². The Bertz CT molecular complexity index is 916. The molecule has 5 aliphatic rings. The maximum absolute atomic E-state index is 13.4. The zero-order valence-corrected chi connectivity index (χ0v) is 23.9. The number of hydrogen-bond acceptors (Lipinski definition) is 4. The fourth-order valence-electron chi connectivity index (χ4n) is 11.8. The molecule has 1 saturated heterocycles. The van der Waals surface area contributed by atoms with Gasteiger partial charge in [-0.1, -0.05) is 27.7 Å². The van der Waals surface area contributed by atoms with Crippen LogP contribution in [0.4, 0.5) is 0 Å². The minimum atomic E-state index is -0.377. The van der Waals surface area contributed by atoms with E-state index < -0.39 is 0 Å². The highest BCUT2D eigenvalue weighted by molar-refractivity contribution is 5.78. The van der Waals surface area contributed by atoms with Gasteiger partial charge in [0.15, 0.2) is 0 Å². The molecule has 0 aromatic carbocycles. The number of methoxy groups -OCH3 is 1. The van der Waals surface area contributed by atoms with E-state index in [1.807, 2.05) is 0 Å². The molecule has 1 aliphatic heterocycles. The highest BCUT2D eigenvalue weighted by Gasteiger charge is 2.71. The molecular weight excluding hydrogens is 450 g/mol. The highest BCUT2D eigenvalue weighted by Crippen LogP contribution is 2.76. The number of aliphatic hydroxyl groups is 1. The van der Waals surface area contributed by atoms with Gasteiger partial charge in [-0.2, -0.15) is 0 Å². The molecule has 0 bridgehead atoms. The third-order valence-corrected chi connectivity index (χ3v) is 13.6. The predicted molar refractivity (Wildman–Crippen MR) is 141 cm³/mol. The smallest absolute Gasteiger partial charge is 0.312 e. The van der Waals surface area contributed by atoms with Crippen LogP contribution in [0.15, 0.2) is 0 Å². The summed E-state index contributed by atoms with van der Waals surface area (Å²) < 4.78 is 5.49. The Morgan fingerprint density at radius 3 is 2.36 bits per heavy atom. The van der Waals surface area contributed by atoms with Crippen LogP contribution in [0.25, 0.3) is 0 Å². The van der Waals surface area contributed by atoms with Crippen LogP contribution in [0.3, 0.4) is 0 Å². The number of carbonyl (C=O) groups is 2. The van der Waals surface area contributed by atoms with Gasteiger partial charge in [0.25, 0.3) is 0 Å². The van der Waals surface area contributed by atoms with Crippen LogP contribution in [0.5, 0.6) is 0 Å². The summed E-state index contributed by atoms with van der Waals surface area (Å²) in [6.45, 7) is 14.5. The number of esters is 1. The van der Waals surface area contributed by atoms with Gasteiger partial charge in [-0.15, -0.1) is 0 Å². The van der Waals surface area contributed by atoms with Crippen molar-refractivity contribution in [3.8, 4) is 0 Å². The summed E-state index contributed by atoms with van der Waals surface area (Å²) in [6.07, 6.45) is 10.2.